The van der Waals surface area contributed by atoms with E-state index in [-0.39, 0.29) is 5.92 Å². The van der Waals surface area contributed by atoms with Crippen LogP contribution in [0.2, 0.25) is 0 Å². The van der Waals surface area contributed by atoms with Gasteiger partial charge in [-0.3, -0.25) is 0 Å². The summed E-state index contributed by atoms with van der Waals surface area (Å²) in [6.07, 6.45) is 4.61. The third-order valence-electron chi connectivity index (χ3n) is 13.0. The Morgan fingerprint density at radius 3 is 1.73 bits per heavy atom. The summed E-state index contributed by atoms with van der Waals surface area (Å²) in [6, 6.07) is 80.2. The summed E-state index contributed by atoms with van der Waals surface area (Å²) in [5.74, 6) is 0.143. The highest BCUT2D eigenvalue weighted by Crippen LogP contribution is 2.57. The topological polar surface area (TPSA) is 3.24 Å². The molecular formula is C58H43NS. The van der Waals surface area contributed by atoms with E-state index in [2.05, 4.69) is 242 Å². The average Bonchev–Trinajstić information content (AvgIpc) is 3.61. The molecule has 0 aliphatic heterocycles. The van der Waals surface area contributed by atoms with E-state index >= 15 is 0 Å². The minimum absolute atomic E-state index is 0.143. The molecule has 2 heteroatoms. The van der Waals surface area contributed by atoms with Crippen molar-refractivity contribution < 1.29 is 0 Å². The van der Waals surface area contributed by atoms with Crippen molar-refractivity contribution in [2.24, 2.45) is 0 Å². The summed E-state index contributed by atoms with van der Waals surface area (Å²) in [4.78, 5) is 2.43. The van der Waals surface area contributed by atoms with Gasteiger partial charge in [-0.05, 0) is 115 Å². The maximum Gasteiger partial charge on any atom is 0.0714 e. The SMILES string of the molecule is CC1(S)c2c(ccc3cc(N(c4ccc(-c5ccccc5)cc4)c4cccc(C5(c6ccccc6)c6ccccc6-c6ccccc65)c4)ccc23)C=CC1c1ccccc1. The quantitative estimate of drug-likeness (QED) is 0.158. The van der Waals surface area contributed by atoms with Gasteiger partial charge >= 0.3 is 0 Å². The lowest BCUT2D eigenvalue weighted by atomic mass is 9.67. The maximum atomic E-state index is 5.47. The molecule has 0 spiro atoms. The molecule has 0 radical (unpaired) electrons. The predicted octanol–water partition coefficient (Wildman–Crippen LogP) is 15.3. The van der Waals surface area contributed by atoms with E-state index in [9.17, 15) is 0 Å². The van der Waals surface area contributed by atoms with E-state index in [1.165, 1.54) is 72.0 Å². The molecule has 0 heterocycles. The molecule has 0 saturated carbocycles. The van der Waals surface area contributed by atoms with E-state index < -0.39 is 10.2 Å². The van der Waals surface area contributed by atoms with Gasteiger partial charge in [0.2, 0.25) is 0 Å². The molecule has 0 bridgehead atoms. The minimum atomic E-state index is -0.504. The van der Waals surface area contributed by atoms with Crippen LogP contribution in [0, 0.1) is 0 Å². The zero-order valence-electron chi connectivity index (χ0n) is 33.4. The summed E-state index contributed by atoms with van der Waals surface area (Å²) in [6.45, 7) is 2.28. The first-order chi connectivity index (χ1) is 29.5. The highest BCUT2D eigenvalue weighted by atomic mass is 32.1. The molecular weight excluding hydrogens is 743 g/mol. The largest absolute Gasteiger partial charge is 0.310 e. The van der Waals surface area contributed by atoms with Crippen LogP contribution in [0.1, 0.15) is 51.8 Å². The smallest absolute Gasteiger partial charge is 0.0714 e. The number of fused-ring (bicyclic) bond motifs is 6. The summed E-state index contributed by atoms with van der Waals surface area (Å²) in [7, 11) is 0. The average molecular weight is 786 g/mol. The number of anilines is 3. The number of rotatable bonds is 7. The highest BCUT2D eigenvalue weighted by Gasteiger charge is 2.46. The van der Waals surface area contributed by atoms with Gasteiger partial charge in [0.25, 0.3) is 0 Å². The molecule has 2 atom stereocenters. The fourth-order valence-corrected chi connectivity index (χ4v) is 10.8. The molecule has 0 aromatic heterocycles. The van der Waals surface area contributed by atoms with Crippen molar-refractivity contribution in [3.8, 4) is 22.3 Å². The molecule has 2 unspecified atom stereocenters. The Morgan fingerprint density at radius 1 is 0.467 bits per heavy atom. The van der Waals surface area contributed by atoms with E-state index in [1.807, 2.05) is 0 Å². The van der Waals surface area contributed by atoms with Crippen molar-refractivity contribution in [3.05, 3.63) is 263 Å². The van der Waals surface area contributed by atoms with Gasteiger partial charge in [0, 0.05) is 27.7 Å². The van der Waals surface area contributed by atoms with E-state index in [1.54, 1.807) is 0 Å². The Labute approximate surface area is 358 Å². The van der Waals surface area contributed by atoms with Gasteiger partial charge in [0.15, 0.2) is 0 Å². The van der Waals surface area contributed by atoms with Crippen LogP contribution in [0.4, 0.5) is 17.1 Å². The van der Waals surface area contributed by atoms with Crippen molar-refractivity contribution in [1.29, 1.82) is 0 Å². The Balaban J connectivity index is 1.10. The first-order valence-corrected chi connectivity index (χ1v) is 21.3. The number of nitrogens with zero attached hydrogens (tertiary/aromatic N) is 1. The van der Waals surface area contributed by atoms with Crippen molar-refractivity contribution in [2.45, 2.75) is 23.0 Å². The molecule has 1 nitrogen and oxygen atoms in total. The second kappa shape index (κ2) is 14.4. The number of hydrogen-bond donors (Lipinski definition) is 1. The monoisotopic (exact) mass is 785 g/mol. The second-order valence-electron chi connectivity index (χ2n) is 16.3. The Kier molecular flexibility index (Phi) is 8.72. The van der Waals surface area contributed by atoms with Crippen molar-refractivity contribution in [1.82, 2.24) is 0 Å². The third kappa shape index (κ3) is 5.70. The van der Waals surface area contributed by atoms with Gasteiger partial charge < -0.3 is 4.90 Å². The summed E-state index contributed by atoms with van der Waals surface area (Å²) < 4.78 is -0.409. The Hall–Kier alpha value is -6.87. The fraction of sp³-hybridized carbons (Fsp3) is 0.0690. The first kappa shape index (κ1) is 36.2. The number of allylic oxidation sites excluding steroid dienone is 1. The van der Waals surface area contributed by atoms with Crippen LogP contribution in [0.15, 0.2) is 224 Å². The van der Waals surface area contributed by atoms with Crippen LogP contribution < -0.4 is 4.90 Å². The van der Waals surface area contributed by atoms with Gasteiger partial charge in [-0.1, -0.05) is 194 Å². The van der Waals surface area contributed by atoms with Gasteiger partial charge in [-0.15, -0.1) is 0 Å². The van der Waals surface area contributed by atoms with Gasteiger partial charge in [-0.2, -0.15) is 12.6 Å². The van der Waals surface area contributed by atoms with Crippen molar-refractivity contribution >= 4 is 46.5 Å². The maximum absolute atomic E-state index is 5.47. The Bertz CT molecular complexity index is 3010. The molecule has 60 heavy (non-hydrogen) atoms. The molecule has 11 rings (SSSR count). The van der Waals surface area contributed by atoms with Crippen molar-refractivity contribution in [2.75, 3.05) is 4.90 Å². The highest BCUT2D eigenvalue weighted by molar-refractivity contribution is 7.81. The van der Waals surface area contributed by atoms with E-state index in [4.69, 9.17) is 12.6 Å². The van der Waals surface area contributed by atoms with Gasteiger partial charge in [0.05, 0.1) is 5.41 Å². The van der Waals surface area contributed by atoms with Crippen LogP contribution in [0.3, 0.4) is 0 Å². The molecule has 0 amide bonds. The molecule has 9 aromatic rings. The molecule has 2 aliphatic carbocycles. The van der Waals surface area contributed by atoms with E-state index in [0.29, 0.717) is 0 Å². The lowest BCUT2D eigenvalue weighted by Gasteiger charge is -2.38. The molecule has 0 fully saturated rings. The number of thiol groups is 1. The standard InChI is InChI=1S/C58H43NS/c1-57(60)53(42-18-7-3-8-19-42)37-32-43-28-29-44-38-49(35-36-50(44)56(43)57)59(47-33-30-41(31-34-47)40-16-5-2-6-17-40)48-23-15-22-46(39-48)58(45-20-9-4-10-21-45)54-26-13-11-24-51(54)52-25-12-14-27-55(52)58/h2-39,53,60H,1H3. The molecule has 9 aromatic carbocycles. The van der Waals surface area contributed by atoms with Crippen LogP contribution in [-0.4, -0.2) is 0 Å². The lowest BCUT2D eigenvalue weighted by molar-refractivity contribution is 0.618. The minimum Gasteiger partial charge on any atom is -0.310 e. The fourth-order valence-electron chi connectivity index (χ4n) is 10.3. The normalized spacial score (nSPS) is 17.1. The zero-order valence-corrected chi connectivity index (χ0v) is 34.3. The molecule has 286 valence electrons. The van der Waals surface area contributed by atoms with Gasteiger partial charge in [-0.25, -0.2) is 0 Å². The summed E-state index contributed by atoms with van der Waals surface area (Å²) >= 11 is 5.47. The predicted molar refractivity (Wildman–Crippen MR) is 256 cm³/mol. The first-order valence-electron chi connectivity index (χ1n) is 20.9. The molecule has 0 N–H and O–H groups in total. The molecule has 0 saturated heterocycles. The lowest BCUT2D eigenvalue weighted by Crippen LogP contribution is -2.28. The summed E-state index contributed by atoms with van der Waals surface area (Å²) in [5.41, 5.74) is 16.6. The van der Waals surface area contributed by atoms with Crippen LogP contribution in [-0.2, 0) is 10.2 Å². The molecule has 2 aliphatic rings. The van der Waals surface area contributed by atoms with Crippen LogP contribution >= 0.6 is 12.6 Å². The number of hydrogen-bond acceptors (Lipinski definition) is 2. The summed E-state index contributed by atoms with van der Waals surface area (Å²) in [5, 5.41) is 2.42. The third-order valence-corrected chi connectivity index (χ3v) is 13.5. The zero-order chi connectivity index (χ0) is 40.3. The number of benzene rings is 9. The van der Waals surface area contributed by atoms with Crippen LogP contribution in [0.25, 0.3) is 39.1 Å². The van der Waals surface area contributed by atoms with E-state index in [0.717, 1.165) is 17.1 Å². The Morgan fingerprint density at radius 2 is 1.03 bits per heavy atom. The van der Waals surface area contributed by atoms with Gasteiger partial charge in [0.1, 0.15) is 0 Å². The second-order valence-corrected chi connectivity index (χ2v) is 17.3. The van der Waals surface area contributed by atoms with Crippen molar-refractivity contribution in [3.63, 3.8) is 0 Å². The van der Waals surface area contributed by atoms with Crippen LogP contribution in [0.5, 0.6) is 0 Å².